The first kappa shape index (κ1) is 24.1. The highest BCUT2D eigenvalue weighted by atomic mass is 16.6. The molecule has 0 saturated heterocycles. The molecule has 0 fully saturated rings. The zero-order valence-corrected chi connectivity index (χ0v) is 19.6. The average molecular weight is 446 g/mol. The Morgan fingerprint density at radius 1 is 0.818 bits per heavy atom. The fourth-order valence-electron chi connectivity index (χ4n) is 3.34. The maximum Gasteiger partial charge on any atom is 0.407 e. The van der Waals surface area contributed by atoms with Gasteiger partial charge in [0.15, 0.2) is 0 Å². The molecular weight excluding hydrogens is 414 g/mol. The number of esters is 1. The first-order valence-corrected chi connectivity index (χ1v) is 11.1. The maximum absolute atomic E-state index is 12.2. The lowest BCUT2D eigenvalue weighted by atomic mass is 10.00. The smallest absolute Gasteiger partial charge is 0.407 e. The summed E-state index contributed by atoms with van der Waals surface area (Å²) in [6.07, 6.45) is 0.270. The van der Waals surface area contributed by atoms with Crippen molar-refractivity contribution in [1.82, 2.24) is 5.32 Å². The van der Waals surface area contributed by atoms with E-state index in [1.165, 1.54) is 0 Å². The van der Waals surface area contributed by atoms with Gasteiger partial charge in [-0.2, -0.15) is 0 Å². The Bertz CT molecular complexity index is 1050. The minimum Gasteiger partial charge on any atom is -0.456 e. The van der Waals surface area contributed by atoms with Gasteiger partial charge in [0.2, 0.25) is 0 Å². The van der Waals surface area contributed by atoms with Crippen LogP contribution in [0.1, 0.15) is 49.2 Å². The van der Waals surface area contributed by atoms with Gasteiger partial charge in [-0.1, -0.05) is 66.7 Å². The van der Waals surface area contributed by atoms with Crippen LogP contribution in [0, 0.1) is 0 Å². The number of hydrogen-bond acceptors (Lipinski definition) is 4. The Labute approximate surface area is 195 Å². The van der Waals surface area contributed by atoms with Crippen molar-refractivity contribution in [3.63, 3.8) is 0 Å². The summed E-state index contributed by atoms with van der Waals surface area (Å²) in [7, 11) is 0. The van der Waals surface area contributed by atoms with Crippen molar-refractivity contribution in [2.24, 2.45) is 0 Å². The highest BCUT2D eigenvalue weighted by molar-refractivity contribution is 5.90. The number of ether oxygens (including phenoxy) is 2. The lowest BCUT2D eigenvalue weighted by molar-refractivity contribution is 0.00694. The van der Waals surface area contributed by atoms with Crippen molar-refractivity contribution in [2.45, 2.75) is 52.4 Å². The molecule has 0 aliphatic carbocycles. The van der Waals surface area contributed by atoms with E-state index in [1.807, 2.05) is 94.4 Å². The van der Waals surface area contributed by atoms with Crippen molar-refractivity contribution in [1.29, 1.82) is 0 Å². The molecule has 5 heteroatoms. The van der Waals surface area contributed by atoms with E-state index in [0.717, 1.165) is 22.3 Å². The molecular formula is C28H31NO4. The summed E-state index contributed by atoms with van der Waals surface area (Å²) in [6.45, 7) is 7.76. The third-order valence-electron chi connectivity index (χ3n) is 4.93. The van der Waals surface area contributed by atoms with Crippen LogP contribution in [0.4, 0.5) is 4.79 Å². The molecule has 0 saturated carbocycles. The number of hydrogen-bond donors (Lipinski definition) is 1. The number of carbonyl (C=O) groups excluding carboxylic acids is 2. The van der Waals surface area contributed by atoms with Crippen LogP contribution in [-0.4, -0.2) is 23.7 Å². The Morgan fingerprint density at radius 2 is 1.39 bits per heavy atom. The molecule has 0 heterocycles. The third-order valence-corrected chi connectivity index (χ3v) is 4.93. The van der Waals surface area contributed by atoms with Crippen molar-refractivity contribution in [3.05, 3.63) is 95.6 Å². The van der Waals surface area contributed by atoms with E-state index < -0.39 is 11.7 Å². The van der Waals surface area contributed by atoms with Gasteiger partial charge in [-0.25, -0.2) is 9.59 Å². The van der Waals surface area contributed by atoms with Crippen molar-refractivity contribution in [3.8, 4) is 11.1 Å². The summed E-state index contributed by atoms with van der Waals surface area (Å²) in [5.74, 6) is -0.326. The van der Waals surface area contributed by atoms with E-state index in [4.69, 9.17) is 9.47 Å². The average Bonchev–Trinajstić information content (AvgIpc) is 2.78. The van der Waals surface area contributed by atoms with Crippen LogP contribution in [0.15, 0.2) is 78.9 Å². The van der Waals surface area contributed by atoms with E-state index in [0.29, 0.717) is 12.0 Å². The zero-order valence-electron chi connectivity index (χ0n) is 19.6. The van der Waals surface area contributed by atoms with Gasteiger partial charge >= 0.3 is 12.1 Å². The van der Waals surface area contributed by atoms with Crippen LogP contribution >= 0.6 is 0 Å². The van der Waals surface area contributed by atoms with Gasteiger partial charge in [0.05, 0.1) is 5.56 Å². The monoisotopic (exact) mass is 445 g/mol. The van der Waals surface area contributed by atoms with E-state index in [-0.39, 0.29) is 18.6 Å². The second kappa shape index (κ2) is 10.8. The number of rotatable bonds is 7. The van der Waals surface area contributed by atoms with Crippen LogP contribution in [0.5, 0.6) is 0 Å². The molecule has 1 unspecified atom stereocenters. The van der Waals surface area contributed by atoms with Crippen LogP contribution in [0.3, 0.4) is 0 Å². The Morgan fingerprint density at radius 3 is 1.97 bits per heavy atom. The number of carbonyl (C=O) groups is 2. The number of benzene rings is 3. The fraction of sp³-hybridized carbons (Fsp3) is 0.286. The van der Waals surface area contributed by atoms with Crippen LogP contribution in [-0.2, 0) is 22.5 Å². The minimum absolute atomic E-state index is 0.0627. The molecule has 33 heavy (non-hydrogen) atoms. The van der Waals surface area contributed by atoms with Crippen LogP contribution < -0.4 is 5.32 Å². The van der Waals surface area contributed by atoms with Gasteiger partial charge in [0.25, 0.3) is 0 Å². The summed E-state index contributed by atoms with van der Waals surface area (Å²) in [4.78, 5) is 24.2. The van der Waals surface area contributed by atoms with Crippen LogP contribution in [0.2, 0.25) is 0 Å². The molecule has 1 atom stereocenters. The molecule has 0 spiro atoms. The number of alkyl carbamates (subject to hydrolysis) is 1. The molecule has 3 aromatic carbocycles. The quantitative estimate of drug-likeness (QED) is 0.442. The van der Waals surface area contributed by atoms with E-state index in [9.17, 15) is 9.59 Å². The third kappa shape index (κ3) is 7.79. The molecule has 0 aromatic heterocycles. The lowest BCUT2D eigenvalue weighted by Gasteiger charge is -2.19. The maximum atomic E-state index is 12.2. The first-order valence-electron chi connectivity index (χ1n) is 11.1. The molecule has 3 rings (SSSR count). The minimum atomic E-state index is -0.518. The fourth-order valence-corrected chi connectivity index (χ4v) is 3.34. The van der Waals surface area contributed by atoms with Gasteiger partial charge in [0, 0.05) is 6.04 Å². The molecule has 0 bridgehead atoms. The standard InChI is InChI=1S/C28H31NO4/c1-20(29-27(31)32-19-22-8-6-5-7-9-22)18-21-10-12-23(13-11-21)24-14-16-25(17-15-24)26(30)33-28(2,3)4/h5-17,20H,18-19H2,1-4H3,(H,29,31). The molecule has 0 aliphatic heterocycles. The van der Waals surface area contributed by atoms with Gasteiger partial charge in [-0.15, -0.1) is 0 Å². The topological polar surface area (TPSA) is 64.6 Å². The Hall–Kier alpha value is -3.60. The highest BCUT2D eigenvalue weighted by Gasteiger charge is 2.17. The Kier molecular flexibility index (Phi) is 7.88. The lowest BCUT2D eigenvalue weighted by Crippen LogP contribution is -2.34. The molecule has 3 aromatic rings. The second-order valence-electron chi connectivity index (χ2n) is 9.09. The molecule has 0 radical (unpaired) electrons. The molecule has 1 amide bonds. The molecule has 0 aliphatic rings. The molecule has 172 valence electrons. The van der Waals surface area contributed by atoms with Crippen molar-refractivity contribution in [2.75, 3.05) is 0 Å². The largest absolute Gasteiger partial charge is 0.456 e. The SMILES string of the molecule is CC(Cc1ccc(-c2ccc(C(=O)OC(C)(C)C)cc2)cc1)NC(=O)OCc1ccccc1. The number of amides is 1. The van der Waals surface area contributed by atoms with Crippen molar-refractivity contribution >= 4 is 12.1 Å². The van der Waals surface area contributed by atoms with E-state index >= 15 is 0 Å². The molecule has 1 N–H and O–H groups in total. The number of nitrogens with one attached hydrogen (secondary N) is 1. The summed E-state index contributed by atoms with van der Waals surface area (Å²) in [6, 6.07) is 25.1. The van der Waals surface area contributed by atoms with Gasteiger partial charge in [0.1, 0.15) is 12.2 Å². The summed E-state index contributed by atoms with van der Waals surface area (Å²) >= 11 is 0. The highest BCUT2D eigenvalue weighted by Crippen LogP contribution is 2.22. The van der Waals surface area contributed by atoms with Gasteiger partial charge < -0.3 is 14.8 Å². The van der Waals surface area contributed by atoms with Crippen LogP contribution in [0.25, 0.3) is 11.1 Å². The zero-order chi connectivity index (χ0) is 23.8. The normalized spacial score (nSPS) is 12.0. The first-order chi connectivity index (χ1) is 15.7. The van der Waals surface area contributed by atoms with Gasteiger partial charge in [-0.3, -0.25) is 0 Å². The molecule has 5 nitrogen and oxygen atoms in total. The predicted octanol–water partition coefficient (Wildman–Crippen LogP) is 6.17. The van der Waals surface area contributed by atoms with Gasteiger partial charge in [-0.05, 0) is 68.5 Å². The summed E-state index contributed by atoms with van der Waals surface area (Å²) in [5.41, 5.74) is 4.15. The Balaban J connectivity index is 1.51. The van der Waals surface area contributed by atoms with Crippen molar-refractivity contribution < 1.29 is 19.1 Å². The van der Waals surface area contributed by atoms with E-state index in [2.05, 4.69) is 5.32 Å². The summed E-state index contributed by atoms with van der Waals surface area (Å²) in [5, 5.41) is 2.87. The van der Waals surface area contributed by atoms with E-state index in [1.54, 1.807) is 12.1 Å². The summed E-state index contributed by atoms with van der Waals surface area (Å²) < 4.78 is 10.7. The predicted molar refractivity (Wildman–Crippen MR) is 130 cm³/mol. The second-order valence-corrected chi connectivity index (χ2v) is 9.09.